The Morgan fingerprint density at radius 1 is 1.21 bits per heavy atom. The number of amides is 1. The van der Waals surface area contributed by atoms with Gasteiger partial charge in [0.05, 0.1) is 7.11 Å². The minimum absolute atomic E-state index is 0.253. The van der Waals surface area contributed by atoms with Gasteiger partial charge in [-0.2, -0.15) is 0 Å². The van der Waals surface area contributed by atoms with E-state index in [4.69, 9.17) is 4.74 Å². The quantitative estimate of drug-likeness (QED) is 0.605. The number of nitrogens with one attached hydrogen (secondary N) is 1. The normalized spacial score (nSPS) is 20.6. The second kappa shape index (κ2) is 10.4. The van der Waals surface area contributed by atoms with Crippen molar-refractivity contribution < 1.29 is 9.53 Å². The molecule has 1 atom stereocenters. The van der Waals surface area contributed by atoms with Gasteiger partial charge in [-0.3, -0.25) is 9.79 Å². The standard InChI is InChI=1S/C22H35N5O2/c1-18-7-4-5-12-27(18)21(28)10-11-24-22(23-2)26-15-13-25(14-16-26)19-8-6-9-20(17-19)29-3/h6,8-9,17-18H,4-5,7,10-16H2,1-3H3,(H,23,24). The molecule has 3 rings (SSSR count). The van der Waals surface area contributed by atoms with Gasteiger partial charge in [-0.05, 0) is 38.3 Å². The Hall–Kier alpha value is -2.44. The number of ether oxygens (including phenoxy) is 1. The summed E-state index contributed by atoms with van der Waals surface area (Å²) in [5, 5.41) is 3.39. The van der Waals surface area contributed by atoms with E-state index in [-0.39, 0.29) is 5.91 Å². The summed E-state index contributed by atoms with van der Waals surface area (Å²) < 4.78 is 5.34. The number of piperidine rings is 1. The number of rotatable bonds is 5. The topological polar surface area (TPSA) is 60.4 Å². The maximum Gasteiger partial charge on any atom is 0.224 e. The van der Waals surface area contributed by atoms with Crippen LogP contribution in [0.3, 0.4) is 0 Å². The summed E-state index contributed by atoms with van der Waals surface area (Å²) >= 11 is 0. The highest BCUT2D eigenvalue weighted by molar-refractivity contribution is 5.81. The molecule has 0 bridgehead atoms. The van der Waals surface area contributed by atoms with Crippen LogP contribution in [0.4, 0.5) is 5.69 Å². The molecule has 2 heterocycles. The van der Waals surface area contributed by atoms with Crippen LogP contribution in [0.1, 0.15) is 32.6 Å². The molecule has 0 aliphatic carbocycles. The number of anilines is 1. The van der Waals surface area contributed by atoms with Gasteiger partial charge in [-0.15, -0.1) is 0 Å². The molecule has 1 aromatic rings. The molecule has 1 N–H and O–H groups in total. The highest BCUT2D eigenvalue weighted by atomic mass is 16.5. The number of methoxy groups -OCH3 is 1. The fourth-order valence-corrected chi connectivity index (χ4v) is 4.21. The summed E-state index contributed by atoms with van der Waals surface area (Å²) in [4.78, 5) is 23.6. The maximum atomic E-state index is 12.5. The number of benzene rings is 1. The van der Waals surface area contributed by atoms with E-state index in [9.17, 15) is 4.79 Å². The summed E-state index contributed by atoms with van der Waals surface area (Å²) in [6.45, 7) is 7.34. The van der Waals surface area contributed by atoms with Crippen molar-refractivity contribution in [3.8, 4) is 5.75 Å². The Balaban J connectivity index is 1.44. The van der Waals surface area contributed by atoms with Crippen molar-refractivity contribution >= 4 is 17.6 Å². The third kappa shape index (κ3) is 5.55. The molecular weight excluding hydrogens is 366 g/mol. The van der Waals surface area contributed by atoms with Crippen molar-refractivity contribution in [1.82, 2.24) is 15.1 Å². The zero-order chi connectivity index (χ0) is 20.6. The Labute approximate surface area is 174 Å². The molecule has 1 unspecified atom stereocenters. The molecule has 29 heavy (non-hydrogen) atoms. The number of piperazine rings is 1. The number of nitrogens with zero attached hydrogens (tertiary/aromatic N) is 4. The smallest absolute Gasteiger partial charge is 0.224 e. The number of hydrogen-bond acceptors (Lipinski definition) is 4. The van der Waals surface area contributed by atoms with Gasteiger partial charge in [-0.25, -0.2) is 0 Å². The average Bonchev–Trinajstić information content (AvgIpc) is 2.77. The van der Waals surface area contributed by atoms with Crippen LogP contribution in [0.5, 0.6) is 5.75 Å². The SMILES string of the molecule is CN=C(NCCC(=O)N1CCCCC1C)N1CCN(c2cccc(OC)c2)CC1. The number of likely N-dealkylation sites (tertiary alicyclic amines) is 1. The molecule has 0 saturated carbocycles. The van der Waals surface area contributed by atoms with Crippen molar-refractivity contribution in [3.05, 3.63) is 24.3 Å². The van der Waals surface area contributed by atoms with Gasteiger partial charge >= 0.3 is 0 Å². The van der Waals surface area contributed by atoms with Gasteiger partial charge in [0.25, 0.3) is 0 Å². The summed E-state index contributed by atoms with van der Waals surface area (Å²) in [5.74, 6) is 2.02. The van der Waals surface area contributed by atoms with Gasteiger partial charge in [0.2, 0.25) is 5.91 Å². The molecule has 2 fully saturated rings. The van der Waals surface area contributed by atoms with Crippen molar-refractivity contribution in [2.75, 3.05) is 58.3 Å². The van der Waals surface area contributed by atoms with Gasteiger partial charge in [0.15, 0.2) is 5.96 Å². The number of guanidine groups is 1. The molecule has 0 aromatic heterocycles. The van der Waals surface area contributed by atoms with Gasteiger partial charge in [-0.1, -0.05) is 6.07 Å². The van der Waals surface area contributed by atoms with Crippen LogP contribution in [0, 0.1) is 0 Å². The molecular formula is C22H35N5O2. The van der Waals surface area contributed by atoms with E-state index in [1.54, 1.807) is 7.11 Å². The molecule has 7 heteroatoms. The van der Waals surface area contributed by atoms with E-state index in [1.807, 2.05) is 24.1 Å². The first-order valence-electron chi connectivity index (χ1n) is 10.8. The molecule has 160 valence electrons. The van der Waals surface area contributed by atoms with E-state index in [0.29, 0.717) is 19.0 Å². The van der Waals surface area contributed by atoms with Gasteiger partial charge in [0.1, 0.15) is 5.75 Å². The van der Waals surface area contributed by atoms with E-state index < -0.39 is 0 Å². The first-order valence-corrected chi connectivity index (χ1v) is 10.8. The van der Waals surface area contributed by atoms with Crippen LogP contribution in [0.15, 0.2) is 29.3 Å². The second-order valence-corrected chi connectivity index (χ2v) is 7.83. The van der Waals surface area contributed by atoms with E-state index >= 15 is 0 Å². The highest BCUT2D eigenvalue weighted by Gasteiger charge is 2.23. The van der Waals surface area contributed by atoms with Crippen molar-refractivity contribution in [1.29, 1.82) is 0 Å². The Morgan fingerprint density at radius 2 is 2.00 bits per heavy atom. The molecule has 2 saturated heterocycles. The zero-order valence-corrected chi connectivity index (χ0v) is 18.1. The van der Waals surface area contributed by atoms with Crippen LogP contribution >= 0.6 is 0 Å². The van der Waals surface area contributed by atoms with Crippen LogP contribution < -0.4 is 15.0 Å². The number of aliphatic imine (C=N–C) groups is 1. The fourth-order valence-electron chi connectivity index (χ4n) is 4.21. The monoisotopic (exact) mass is 401 g/mol. The lowest BCUT2D eigenvalue weighted by Crippen LogP contribution is -2.53. The summed E-state index contributed by atoms with van der Waals surface area (Å²) in [5.41, 5.74) is 1.19. The summed E-state index contributed by atoms with van der Waals surface area (Å²) in [7, 11) is 3.51. The second-order valence-electron chi connectivity index (χ2n) is 7.83. The van der Waals surface area contributed by atoms with Crippen LogP contribution in [-0.2, 0) is 4.79 Å². The lowest BCUT2D eigenvalue weighted by Gasteiger charge is -2.38. The van der Waals surface area contributed by atoms with E-state index in [2.05, 4.69) is 39.2 Å². The van der Waals surface area contributed by atoms with Gasteiger partial charge in [0, 0.05) is 70.5 Å². The van der Waals surface area contributed by atoms with E-state index in [1.165, 1.54) is 12.1 Å². The molecule has 1 amide bonds. The molecule has 0 radical (unpaired) electrons. The van der Waals surface area contributed by atoms with Crippen LogP contribution in [-0.4, -0.2) is 81.1 Å². The number of carbonyl (C=O) groups excluding carboxylic acids is 1. The third-order valence-electron chi connectivity index (χ3n) is 5.95. The summed E-state index contributed by atoms with van der Waals surface area (Å²) in [6, 6.07) is 8.58. The summed E-state index contributed by atoms with van der Waals surface area (Å²) in [6.07, 6.45) is 4.01. The predicted octanol–water partition coefficient (Wildman–Crippen LogP) is 2.18. The lowest BCUT2D eigenvalue weighted by molar-refractivity contribution is -0.134. The molecule has 1 aromatic carbocycles. The minimum Gasteiger partial charge on any atom is -0.497 e. The van der Waals surface area contributed by atoms with Crippen molar-refractivity contribution in [2.24, 2.45) is 4.99 Å². The lowest BCUT2D eigenvalue weighted by atomic mass is 10.0. The fraction of sp³-hybridized carbons (Fsp3) is 0.636. The van der Waals surface area contributed by atoms with Crippen LogP contribution in [0.25, 0.3) is 0 Å². The molecule has 2 aliphatic heterocycles. The molecule has 7 nitrogen and oxygen atoms in total. The average molecular weight is 402 g/mol. The zero-order valence-electron chi connectivity index (χ0n) is 18.1. The first-order chi connectivity index (χ1) is 14.1. The Kier molecular flexibility index (Phi) is 7.61. The maximum absolute atomic E-state index is 12.5. The van der Waals surface area contributed by atoms with Crippen molar-refractivity contribution in [2.45, 2.75) is 38.6 Å². The number of hydrogen-bond donors (Lipinski definition) is 1. The Morgan fingerprint density at radius 3 is 2.69 bits per heavy atom. The van der Waals surface area contributed by atoms with Gasteiger partial charge < -0.3 is 24.8 Å². The predicted molar refractivity (Wildman–Crippen MR) is 118 cm³/mol. The number of carbonyl (C=O) groups is 1. The third-order valence-corrected chi connectivity index (χ3v) is 5.95. The largest absolute Gasteiger partial charge is 0.497 e. The van der Waals surface area contributed by atoms with Crippen LogP contribution in [0.2, 0.25) is 0 Å². The Bertz CT molecular complexity index is 700. The molecule has 2 aliphatic rings. The minimum atomic E-state index is 0.253. The first kappa shape index (κ1) is 21.3. The van der Waals surface area contributed by atoms with Crippen molar-refractivity contribution in [3.63, 3.8) is 0 Å². The van der Waals surface area contributed by atoms with E-state index in [0.717, 1.165) is 57.3 Å². The highest BCUT2D eigenvalue weighted by Crippen LogP contribution is 2.22. The molecule has 0 spiro atoms.